The number of carboxylic acid groups (broad SMARTS) is 1. The summed E-state index contributed by atoms with van der Waals surface area (Å²) in [6.07, 6.45) is 3.67. The summed E-state index contributed by atoms with van der Waals surface area (Å²) < 4.78 is 5.47. The lowest BCUT2D eigenvalue weighted by Gasteiger charge is -2.35. The van der Waals surface area contributed by atoms with E-state index in [2.05, 4.69) is 0 Å². The van der Waals surface area contributed by atoms with Crippen molar-refractivity contribution in [1.29, 1.82) is 0 Å². The van der Waals surface area contributed by atoms with E-state index in [0.717, 1.165) is 25.7 Å². The van der Waals surface area contributed by atoms with Gasteiger partial charge in [0.1, 0.15) is 0 Å². The second-order valence-corrected chi connectivity index (χ2v) is 5.77. The molecule has 0 radical (unpaired) electrons. The first-order chi connectivity index (χ1) is 9.06. The summed E-state index contributed by atoms with van der Waals surface area (Å²) >= 11 is 0. The number of likely N-dealkylation sites (tertiary alicyclic amines) is 1. The Kier molecular flexibility index (Phi) is 4.80. The van der Waals surface area contributed by atoms with Gasteiger partial charge in [-0.15, -0.1) is 0 Å². The van der Waals surface area contributed by atoms with Crippen molar-refractivity contribution in [2.75, 3.05) is 19.7 Å². The monoisotopic (exact) mass is 269 g/mol. The molecule has 2 aliphatic rings. The highest BCUT2D eigenvalue weighted by Crippen LogP contribution is 2.26. The summed E-state index contributed by atoms with van der Waals surface area (Å²) in [5.74, 6) is -0.165. The molecule has 0 aromatic heterocycles. The van der Waals surface area contributed by atoms with Gasteiger partial charge in [0.25, 0.3) is 0 Å². The van der Waals surface area contributed by atoms with E-state index in [0.29, 0.717) is 19.7 Å². The smallest absolute Gasteiger partial charge is 0.303 e. The molecular formula is C14H23NO4. The lowest BCUT2D eigenvalue weighted by atomic mass is 9.90. The first-order valence-electron chi connectivity index (χ1n) is 7.18. The lowest BCUT2D eigenvalue weighted by molar-refractivity contribution is -0.142. The van der Waals surface area contributed by atoms with Gasteiger partial charge >= 0.3 is 5.97 Å². The Balaban J connectivity index is 1.80. The third-order valence-electron chi connectivity index (χ3n) is 4.22. The highest BCUT2D eigenvalue weighted by molar-refractivity contribution is 5.79. The molecule has 5 heteroatoms. The van der Waals surface area contributed by atoms with Crippen LogP contribution in [0.1, 0.15) is 39.0 Å². The molecule has 1 N–H and O–H groups in total. The quantitative estimate of drug-likeness (QED) is 0.843. The minimum Gasteiger partial charge on any atom is -0.481 e. The predicted molar refractivity (Wildman–Crippen MR) is 69.7 cm³/mol. The number of nitrogens with zero attached hydrogens (tertiary/aromatic N) is 1. The Bertz CT molecular complexity index is 336. The van der Waals surface area contributed by atoms with Crippen LogP contribution in [0.25, 0.3) is 0 Å². The summed E-state index contributed by atoms with van der Waals surface area (Å²) in [5, 5.41) is 8.78. The van der Waals surface area contributed by atoms with E-state index in [1.807, 2.05) is 11.8 Å². The van der Waals surface area contributed by atoms with Crippen LogP contribution in [0.5, 0.6) is 0 Å². The van der Waals surface area contributed by atoms with Crippen LogP contribution in [0, 0.1) is 11.8 Å². The zero-order valence-electron chi connectivity index (χ0n) is 11.5. The van der Waals surface area contributed by atoms with Crippen LogP contribution >= 0.6 is 0 Å². The normalized spacial score (nSPS) is 29.2. The van der Waals surface area contributed by atoms with Gasteiger partial charge in [-0.05, 0) is 38.5 Å². The molecule has 0 saturated carbocycles. The van der Waals surface area contributed by atoms with Crippen LogP contribution in [-0.2, 0) is 14.3 Å². The number of piperidine rings is 1. The Morgan fingerprint density at radius 1 is 1.26 bits per heavy atom. The lowest BCUT2D eigenvalue weighted by Crippen LogP contribution is -2.44. The molecule has 2 atom stereocenters. The number of carbonyl (C=O) groups is 2. The zero-order chi connectivity index (χ0) is 13.8. The molecule has 2 heterocycles. The number of ether oxygens (including phenoxy) is 1. The van der Waals surface area contributed by atoms with Crippen molar-refractivity contribution in [3.8, 4) is 0 Å². The maximum absolute atomic E-state index is 12.4. The van der Waals surface area contributed by atoms with Crippen molar-refractivity contribution in [2.45, 2.75) is 45.1 Å². The van der Waals surface area contributed by atoms with E-state index in [4.69, 9.17) is 9.84 Å². The van der Waals surface area contributed by atoms with E-state index in [9.17, 15) is 9.59 Å². The average molecular weight is 269 g/mol. The molecule has 0 aromatic rings. The van der Waals surface area contributed by atoms with Crippen LogP contribution in [0.2, 0.25) is 0 Å². The third kappa shape index (κ3) is 3.93. The third-order valence-corrected chi connectivity index (χ3v) is 4.22. The highest BCUT2D eigenvalue weighted by Gasteiger charge is 2.31. The summed E-state index contributed by atoms with van der Waals surface area (Å²) in [5.41, 5.74) is 0. The average Bonchev–Trinajstić information content (AvgIpc) is 2.38. The molecule has 0 aliphatic carbocycles. The van der Waals surface area contributed by atoms with Crippen LogP contribution < -0.4 is 0 Å². The van der Waals surface area contributed by atoms with Crippen molar-refractivity contribution in [1.82, 2.24) is 4.90 Å². The molecule has 0 aromatic carbocycles. The standard InChI is InChI=1S/C14H23NO4/c1-10-8-12(4-7-19-10)14(18)15-5-2-11(3-6-15)9-13(16)17/h10-12H,2-9H2,1H3,(H,16,17). The number of carboxylic acids is 1. The molecule has 19 heavy (non-hydrogen) atoms. The molecule has 5 nitrogen and oxygen atoms in total. The van der Waals surface area contributed by atoms with E-state index >= 15 is 0 Å². The predicted octanol–water partition coefficient (Wildman–Crippen LogP) is 1.51. The molecule has 2 unspecified atom stereocenters. The maximum Gasteiger partial charge on any atom is 0.303 e. The topological polar surface area (TPSA) is 66.8 Å². The number of hydrogen-bond donors (Lipinski definition) is 1. The summed E-state index contributed by atoms with van der Waals surface area (Å²) in [7, 11) is 0. The number of aliphatic carboxylic acids is 1. The first kappa shape index (κ1) is 14.3. The second-order valence-electron chi connectivity index (χ2n) is 5.77. The number of hydrogen-bond acceptors (Lipinski definition) is 3. The first-order valence-corrected chi connectivity index (χ1v) is 7.18. The Hall–Kier alpha value is -1.10. The van der Waals surface area contributed by atoms with Crippen molar-refractivity contribution in [3.63, 3.8) is 0 Å². The van der Waals surface area contributed by atoms with Gasteiger partial charge < -0.3 is 14.7 Å². The van der Waals surface area contributed by atoms with Gasteiger partial charge in [-0.3, -0.25) is 9.59 Å². The van der Waals surface area contributed by atoms with Crippen LogP contribution in [-0.4, -0.2) is 47.7 Å². The molecule has 0 spiro atoms. The van der Waals surface area contributed by atoms with E-state index < -0.39 is 5.97 Å². The van der Waals surface area contributed by atoms with Gasteiger partial charge in [0, 0.05) is 32.0 Å². The fraction of sp³-hybridized carbons (Fsp3) is 0.857. The van der Waals surface area contributed by atoms with Crippen LogP contribution in [0.4, 0.5) is 0 Å². The van der Waals surface area contributed by atoms with Gasteiger partial charge in [-0.25, -0.2) is 0 Å². The SMILES string of the molecule is CC1CC(C(=O)N2CCC(CC(=O)O)CC2)CCO1. The minimum atomic E-state index is -0.733. The van der Waals surface area contributed by atoms with Crippen LogP contribution in [0.3, 0.4) is 0 Å². The zero-order valence-corrected chi connectivity index (χ0v) is 11.5. The van der Waals surface area contributed by atoms with Gasteiger partial charge in [0.05, 0.1) is 6.10 Å². The molecule has 108 valence electrons. The fourth-order valence-corrected chi connectivity index (χ4v) is 3.08. The molecular weight excluding hydrogens is 246 g/mol. The van der Waals surface area contributed by atoms with Crippen molar-refractivity contribution in [2.24, 2.45) is 11.8 Å². The van der Waals surface area contributed by atoms with Gasteiger partial charge in [-0.2, -0.15) is 0 Å². The van der Waals surface area contributed by atoms with Crippen molar-refractivity contribution < 1.29 is 19.4 Å². The van der Waals surface area contributed by atoms with Crippen LogP contribution in [0.15, 0.2) is 0 Å². The van der Waals surface area contributed by atoms with E-state index in [-0.39, 0.29) is 30.3 Å². The molecule has 2 saturated heterocycles. The Morgan fingerprint density at radius 3 is 2.53 bits per heavy atom. The highest BCUT2D eigenvalue weighted by atomic mass is 16.5. The van der Waals surface area contributed by atoms with Gasteiger partial charge in [-0.1, -0.05) is 0 Å². The Labute approximate surface area is 113 Å². The van der Waals surface area contributed by atoms with Gasteiger partial charge in [0.2, 0.25) is 5.91 Å². The molecule has 2 rings (SSSR count). The summed E-state index contributed by atoms with van der Waals surface area (Å²) in [6.45, 7) is 4.11. The summed E-state index contributed by atoms with van der Waals surface area (Å²) in [4.78, 5) is 25.0. The molecule has 2 fully saturated rings. The Morgan fingerprint density at radius 2 is 1.95 bits per heavy atom. The van der Waals surface area contributed by atoms with Crippen molar-refractivity contribution >= 4 is 11.9 Å². The molecule has 0 bridgehead atoms. The van der Waals surface area contributed by atoms with Crippen molar-refractivity contribution in [3.05, 3.63) is 0 Å². The fourth-order valence-electron chi connectivity index (χ4n) is 3.08. The van der Waals surface area contributed by atoms with Gasteiger partial charge in [0.15, 0.2) is 0 Å². The molecule has 2 aliphatic heterocycles. The van der Waals surface area contributed by atoms with E-state index in [1.54, 1.807) is 0 Å². The second kappa shape index (κ2) is 6.37. The maximum atomic E-state index is 12.4. The largest absolute Gasteiger partial charge is 0.481 e. The van der Waals surface area contributed by atoms with E-state index in [1.165, 1.54) is 0 Å². The number of carbonyl (C=O) groups excluding carboxylic acids is 1. The molecule has 1 amide bonds. The number of amides is 1. The number of rotatable bonds is 3. The minimum absolute atomic E-state index is 0.0970. The summed E-state index contributed by atoms with van der Waals surface area (Å²) in [6, 6.07) is 0.